The standard InChI is InChI=1S/C19H25NO4S/c1-4-22-16-11-15(12-17(23-5-2)18(16)24-6-3)19(21)20-9-7-14-8-10-25-13-14/h8,10-13H,4-7,9H2,1-3H3,(H,20,21). The van der Waals surface area contributed by atoms with Gasteiger partial charge in [0.05, 0.1) is 19.8 Å². The summed E-state index contributed by atoms with van der Waals surface area (Å²) in [5.74, 6) is 1.44. The molecule has 2 aromatic rings. The fourth-order valence-electron chi connectivity index (χ4n) is 2.38. The molecule has 2 rings (SSSR count). The lowest BCUT2D eigenvalue weighted by atomic mass is 10.1. The van der Waals surface area contributed by atoms with Gasteiger partial charge >= 0.3 is 0 Å². The predicted octanol–water partition coefficient (Wildman–Crippen LogP) is 3.92. The molecule has 0 radical (unpaired) electrons. The lowest BCUT2D eigenvalue weighted by Gasteiger charge is -2.17. The third-order valence-electron chi connectivity index (χ3n) is 3.45. The van der Waals surface area contributed by atoms with Gasteiger partial charge < -0.3 is 19.5 Å². The molecule has 0 bridgehead atoms. The molecule has 0 unspecified atom stereocenters. The van der Waals surface area contributed by atoms with Crippen molar-refractivity contribution in [2.45, 2.75) is 27.2 Å². The van der Waals surface area contributed by atoms with Crippen LogP contribution in [-0.2, 0) is 6.42 Å². The first-order valence-corrected chi connectivity index (χ1v) is 9.49. The molecule has 1 amide bonds. The highest BCUT2D eigenvalue weighted by atomic mass is 32.1. The minimum absolute atomic E-state index is 0.153. The van der Waals surface area contributed by atoms with Gasteiger partial charge in [0.2, 0.25) is 5.75 Å². The lowest BCUT2D eigenvalue weighted by Crippen LogP contribution is -2.25. The summed E-state index contributed by atoms with van der Waals surface area (Å²) in [5, 5.41) is 7.06. The number of hydrogen-bond acceptors (Lipinski definition) is 5. The Labute approximate surface area is 152 Å². The Morgan fingerprint density at radius 2 is 1.68 bits per heavy atom. The highest BCUT2D eigenvalue weighted by Crippen LogP contribution is 2.39. The Balaban J connectivity index is 2.15. The number of nitrogens with one attached hydrogen (secondary N) is 1. The molecule has 0 aliphatic rings. The number of thiophene rings is 1. The van der Waals surface area contributed by atoms with E-state index in [1.165, 1.54) is 5.56 Å². The van der Waals surface area contributed by atoms with Gasteiger partial charge in [-0.15, -0.1) is 0 Å². The molecule has 0 atom stereocenters. The molecule has 1 aromatic heterocycles. The van der Waals surface area contributed by atoms with E-state index in [0.717, 1.165) is 6.42 Å². The van der Waals surface area contributed by atoms with Crippen LogP contribution in [0.15, 0.2) is 29.0 Å². The van der Waals surface area contributed by atoms with Crippen molar-refractivity contribution in [1.82, 2.24) is 5.32 Å². The molecule has 0 fully saturated rings. The third kappa shape index (κ3) is 5.39. The van der Waals surface area contributed by atoms with Crippen LogP contribution in [0.4, 0.5) is 0 Å². The first-order valence-electron chi connectivity index (χ1n) is 8.55. The van der Waals surface area contributed by atoms with Crippen LogP contribution in [0, 0.1) is 0 Å². The van der Waals surface area contributed by atoms with Crippen molar-refractivity contribution in [2.24, 2.45) is 0 Å². The van der Waals surface area contributed by atoms with Crippen molar-refractivity contribution in [3.05, 3.63) is 40.1 Å². The monoisotopic (exact) mass is 363 g/mol. The van der Waals surface area contributed by atoms with E-state index in [0.29, 0.717) is 49.2 Å². The van der Waals surface area contributed by atoms with E-state index in [1.807, 2.05) is 26.2 Å². The average Bonchev–Trinajstić information content (AvgIpc) is 3.11. The molecule has 6 heteroatoms. The molecule has 1 aromatic carbocycles. The first kappa shape index (κ1) is 19.1. The fraction of sp³-hybridized carbons (Fsp3) is 0.421. The van der Waals surface area contributed by atoms with Crippen LogP contribution in [-0.4, -0.2) is 32.3 Å². The SMILES string of the molecule is CCOc1cc(C(=O)NCCc2ccsc2)cc(OCC)c1OCC. The number of ether oxygens (including phenoxy) is 3. The van der Waals surface area contributed by atoms with Crippen molar-refractivity contribution in [3.63, 3.8) is 0 Å². The largest absolute Gasteiger partial charge is 0.490 e. The Morgan fingerprint density at radius 1 is 1.04 bits per heavy atom. The Morgan fingerprint density at radius 3 is 2.20 bits per heavy atom. The van der Waals surface area contributed by atoms with E-state index in [9.17, 15) is 4.79 Å². The van der Waals surface area contributed by atoms with E-state index in [4.69, 9.17) is 14.2 Å². The Bertz CT molecular complexity index is 643. The van der Waals surface area contributed by atoms with Crippen LogP contribution in [0.25, 0.3) is 0 Å². The Kier molecular flexibility index (Phi) is 7.60. The van der Waals surface area contributed by atoms with Crippen LogP contribution >= 0.6 is 11.3 Å². The lowest BCUT2D eigenvalue weighted by molar-refractivity contribution is 0.0953. The smallest absolute Gasteiger partial charge is 0.251 e. The average molecular weight is 363 g/mol. The number of carbonyl (C=O) groups excluding carboxylic acids is 1. The highest BCUT2D eigenvalue weighted by Gasteiger charge is 2.18. The van der Waals surface area contributed by atoms with Crippen molar-refractivity contribution >= 4 is 17.2 Å². The van der Waals surface area contributed by atoms with Crippen LogP contribution in [0.1, 0.15) is 36.7 Å². The molecule has 0 aliphatic heterocycles. The zero-order valence-corrected chi connectivity index (χ0v) is 15.8. The number of carbonyl (C=O) groups is 1. The summed E-state index contributed by atoms with van der Waals surface area (Å²) in [5.41, 5.74) is 1.72. The number of hydrogen-bond donors (Lipinski definition) is 1. The van der Waals surface area contributed by atoms with E-state index in [-0.39, 0.29) is 5.91 Å². The predicted molar refractivity (Wildman–Crippen MR) is 100 cm³/mol. The van der Waals surface area contributed by atoms with Gasteiger partial charge in [-0.1, -0.05) is 0 Å². The van der Waals surface area contributed by atoms with E-state index < -0.39 is 0 Å². The summed E-state index contributed by atoms with van der Waals surface area (Å²) < 4.78 is 17.0. The van der Waals surface area contributed by atoms with Gasteiger partial charge in [0.15, 0.2) is 11.5 Å². The van der Waals surface area contributed by atoms with Gasteiger partial charge in [-0.05, 0) is 61.7 Å². The highest BCUT2D eigenvalue weighted by molar-refractivity contribution is 7.07. The van der Waals surface area contributed by atoms with Crippen LogP contribution < -0.4 is 19.5 Å². The number of rotatable bonds is 10. The molecule has 0 spiro atoms. The van der Waals surface area contributed by atoms with Gasteiger partial charge in [0, 0.05) is 12.1 Å². The summed E-state index contributed by atoms with van der Waals surface area (Å²) in [7, 11) is 0. The van der Waals surface area contributed by atoms with E-state index in [1.54, 1.807) is 23.5 Å². The fourth-order valence-corrected chi connectivity index (χ4v) is 3.08. The molecule has 5 nitrogen and oxygen atoms in total. The summed E-state index contributed by atoms with van der Waals surface area (Å²) >= 11 is 1.66. The number of amides is 1. The van der Waals surface area contributed by atoms with Crippen molar-refractivity contribution in [2.75, 3.05) is 26.4 Å². The number of benzene rings is 1. The first-order chi connectivity index (χ1) is 12.2. The topological polar surface area (TPSA) is 56.8 Å². The summed E-state index contributed by atoms with van der Waals surface area (Å²) in [6.07, 6.45) is 0.808. The molecule has 25 heavy (non-hydrogen) atoms. The molecule has 0 aliphatic carbocycles. The minimum atomic E-state index is -0.153. The van der Waals surface area contributed by atoms with Gasteiger partial charge in [0.1, 0.15) is 0 Å². The molecular formula is C19H25NO4S. The van der Waals surface area contributed by atoms with Crippen molar-refractivity contribution in [1.29, 1.82) is 0 Å². The molecule has 0 saturated heterocycles. The van der Waals surface area contributed by atoms with Gasteiger partial charge in [-0.2, -0.15) is 11.3 Å². The van der Waals surface area contributed by atoms with Crippen molar-refractivity contribution in [3.8, 4) is 17.2 Å². The summed E-state index contributed by atoms with van der Waals surface area (Å²) in [4.78, 5) is 12.5. The quantitative estimate of drug-likeness (QED) is 0.695. The zero-order chi connectivity index (χ0) is 18.1. The normalized spacial score (nSPS) is 10.4. The maximum Gasteiger partial charge on any atom is 0.251 e. The molecular weight excluding hydrogens is 338 g/mol. The second-order valence-electron chi connectivity index (χ2n) is 5.24. The molecule has 1 heterocycles. The zero-order valence-electron chi connectivity index (χ0n) is 15.0. The van der Waals surface area contributed by atoms with Crippen molar-refractivity contribution < 1.29 is 19.0 Å². The maximum atomic E-state index is 12.5. The molecule has 1 N–H and O–H groups in total. The van der Waals surface area contributed by atoms with Gasteiger partial charge in [-0.3, -0.25) is 4.79 Å². The van der Waals surface area contributed by atoms with E-state index >= 15 is 0 Å². The Hall–Kier alpha value is -2.21. The van der Waals surface area contributed by atoms with Gasteiger partial charge in [-0.25, -0.2) is 0 Å². The van der Waals surface area contributed by atoms with Crippen LogP contribution in [0.3, 0.4) is 0 Å². The van der Waals surface area contributed by atoms with Crippen LogP contribution in [0.2, 0.25) is 0 Å². The maximum absolute atomic E-state index is 12.5. The summed E-state index contributed by atoms with van der Waals surface area (Å²) in [6, 6.07) is 5.47. The molecule has 0 saturated carbocycles. The van der Waals surface area contributed by atoms with Crippen LogP contribution in [0.5, 0.6) is 17.2 Å². The third-order valence-corrected chi connectivity index (χ3v) is 4.18. The van der Waals surface area contributed by atoms with E-state index in [2.05, 4.69) is 16.8 Å². The minimum Gasteiger partial charge on any atom is -0.490 e. The molecule has 136 valence electrons. The summed E-state index contributed by atoms with van der Waals surface area (Å²) in [6.45, 7) is 7.72. The van der Waals surface area contributed by atoms with Gasteiger partial charge in [0.25, 0.3) is 5.91 Å². The second kappa shape index (κ2) is 9.93. The second-order valence-corrected chi connectivity index (χ2v) is 6.02.